The van der Waals surface area contributed by atoms with Crippen LogP contribution in [-0.4, -0.2) is 0 Å². The van der Waals surface area contributed by atoms with E-state index < -0.39 is 0 Å². The highest BCUT2D eigenvalue weighted by molar-refractivity contribution is 6.35. The molecule has 0 bridgehead atoms. The fraction of sp³-hybridized carbons (Fsp3) is 0.100. The molecule has 0 heterocycles. The molecule has 0 amide bonds. The first-order valence-corrected chi connectivity index (χ1v) is 4.43. The average molecular weight is 212 g/mol. The van der Waals surface area contributed by atoms with Crippen LogP contribution in [0.5, 0.6) is 0 Å². The van der Waals surface area contributed by atoms with Gasteiger partial charge in [0.05, 0.1) is 0 Å². The molecule has 1 nitrogen and oxygen atoms in total. The van der Waals surface area contributed by atoms with Gasteiger partial charge in [0, 0.05) is 5.02 Å². The SMILES string of the molecule is C/C(=C(/Cl)C#N)c1ccc(Cl)cc1. The normalized spacial score (nSPS) is 11.8. The van der Waals surface area contributed by atoms with Crippen molar-refractivity contribution in [2.24, 2.45) is 0 Å². The highest BCUT2D eigenvalue weighted by Gasteiger charge is 2.00. The molecule has 0 N–H and O–H groups in total. The third-order valence-corrected chi connectivity index (χ3v) is 2.32. The fourth-order valence-corrected chi connectivity index (χ4v) is 1.15. The number of rotatable bonds is 1. The van der Waals surface area contributed by atoms with E-state index in [1.54, 1.807) is 19.1 Å². The maximum Gasteiger partial charge on any atom is 0.121 e. The molecule has 0 atom stereocenters. The monoisotopic (exact) mass is 211 g/mol. The first-order valence-electron chi connectivity index (χ1n) is 3.67. The van der Waals surface area contributed by atoms with Gasteiger partial charge in [-0.25, -0.2) is 0 Å². The summed E-state index contributed by atoms with van der Waals surface area (Å²) in [6.07, 6.45) is 0. The van der Waals surface area contributed by atoms with E-state index in [0.29, 0.717) is 5.02 Å². The zero-order valence-corrected chi connectivity index (χ0v) is 8.52. The third kappa shape index (κ3) is 2.48. The molecule has 66 valence electrons. The van der Waals surface area contributed by atoms with E-state index in [1.807, 2.05) is 18.2 Å². The second-order valence-corrected chi connectivity index (χ2v) is 3.37. The number of benzene rings is 1. The lowest BCUT2D eigenvalue weighted by Crippen LogP contribution is -1.80. The van der Waals surface area contributed by atoms with Crippen molar-refractivity contribution in [2.75, 3.05) is 0 Å². The Morgan fingerprint density at radius 1 is 1.31 bits per heavy atom. The van der Waals surface area contributed by atoms with Crippen LogP contribution >= 0.6 is 23.2 Å². The van der Waals surface area contributed by atoms with Crippen molar-refractivity contribution in [1.82, 2.24) is 0 Å². The van der Waals surface area contributed by atoms with E-state index >= 15 is 0 Å². The summed E-state index contributed by atoms with van der Waals surface area (Å²) in [5.41, 5.74) is 1.68. The lowest BCUT2D eigenvalue weighted by Gasteiger charge is -2.00. The topological polar surface area (TPSA) is 23.8 Å². The predicted octanol–water partition coefficient (Wildman–Crippen LogP) is 3.83. The van der Waals surface area contributed by atoms with Gasteiger partial charge in [0.1, 0.15) is 11.1 Å². The van der Waals surface area contributed by atoms with Crippen LogP contribution in [0, 0.1) is 11.3 Å². The Kier molecular flexibility index (Phi) is 3.36. The van der Waals surface area contributed by atoms with Crippen molar-refractivity contribution in [3.8, 4) is 6.07 Å². The van der Waals surface area contributed by atoms with Gasteiger partial charge in [-0.15, -0.1) is 0 Å². The quantitative estimate of drug-likeness (QED) is 0.649. The van der Waals surface area contributed by atoms with Crippen molar-refractivity contribution >= 4 is 28.8 Å². The molecule has 0 aliphatic rings. The molecule has 13 heavy (non-hydrogen) atoms. The van der Waals surface area contributed by atoms with Crippen LogP contribution in [-0.2, 0) is 0 Å². The predicted molar refractivity (Wildman–Crippen MR) is 55.5 cm³/mol. The van der Waals surface area contributed by atoms with E-state index in [0.717, 1.165) is 11.1 Å². The van der Waals surface area contributed by atoms with Gasteiger partial charge in [-0.3, -0.25) is 0 Å². The number of nitrogens with zero attached hydrogens (tertiary/aromatic N) is 1. The minimum atomic E-state index is 0.210. The second kappa shape index (κ2) is 4.32. The molecule has 0 fully saturated rings. The highest BCUT2D eigenvalue weighted by Crippen LogP contribution is 2.21. The van der Waals surface area contributed by atoms with Crippen molar-refractivity contribution in [3.05, 3.63) is 39.9 Å². The van der Waals surface area contributed by atoms with Gasteiger partial charge in [-0.2, -0.15) is 5.26 Å². The summed E-state index contributed by atoms with van der Waals surface area (Å²) in [7, 11) is 0. The Morgan fingerprint density at radius 2 is 1.85 bits per heavy atom. The van der Waals surface area contributed by atoms with Crippen LogP contribution in [0.15, 0.2) is 29.3 Å². The van der Waals surface area contributed by atoms with E-state index in [9.17, 15) is 0 Å². The van der Waals surface area contributed by atoms with Crippen molar-refractivity contribution in [2.45, 2.75) is 6.92 Å². The van der Waals surface area contributed by atoms with E-state index in [2.05, 4.69) is 0 Å². The van der Waals surface area contributed by atoms with E-state index in [1.165, 1.54) is 0 Å². The van der Waals surface area contributed by atoms with Gasteiger partial charge >= 0.3 is 0 Å². The molecule has 1 aromatic rings. The first-order chi connectivity index (χ1) is 6.15. The van der Waals surface area contributed by atoms with Gasteiger partial charge in [-0.1, -0.05) is 35.3 Å². The number of hydrogen-bond donors (Lipinski definition) is 0. The van der Waals surface area contributed by atoms with E-state index in [4.69, 9.17) is 28.5 Å². The summed E-state index contributed by atoms with van der Waals surface area (Å²) in [6.45, 7) is 1.80. The molecule has 1 aromatic carbocycles. The van der Waals surface area contributed by atoms with E-state index in [-0.39, 0.29) is 5.03 Å². The minimum absolute atomic E-state index is 0.210. The Bertz CT molecular complexity index is 371. The molecule has 0 unspecified atom stereocenters. The largest absolute Gasteiger partial charge is 0.191 e. The Hall–Kier alpha value is -0.970. The molecule has 0 aromatic heterocycles. The lowest BCUT2D eigenvalue weighted by atomic mass is 10.1. The van der Waals surface area contributed by atoms with Crippen LogP contribution in [0.3, 0.4) is 0 Å². The van der Waals surface area contributed by atoms with Gasteiger partial charge in [0.15, 0.2) is 0 Å². The summed E-state index contributed by atoms with van der Waals surface area (Å²) in [6, 6.07) is 9.08. The Labute approximate surface area is 87.2 Å². The average Bonchev–Trinajstić information content (AvgIpc) is 2.17. The summed E-state index contributed by atoms with van der Waals surface area (Å²) in [5.74, 6) is 0. The molecule has 0 aliphatic carbocycles. The maximum atomic E-state index is 8.56. The first kappa shape index (κ1) is 10.1. The Morgan fingerprint density at radius 3 is 2.31 bits per heavy atom. The smallest absolute Gasteiger partial charge is 0.121 e. The standard InChI is InChI=1S/C10H7Cl2N/c1-7(10(12)6-13)8-2-4-9(11)5-3-8/h2-5H,1H3/b10-7-. The van der Waals surface area contributed by atoms with Crippen molar-refractivity contribution in [1.29, 1.82) is 5.26 Å². The molecule has 0 radical (unpaired) electrons. The molecule has 0 saturated heterocycles. The van der Waals surface area contributed by atoms with Crippen LogP contribution in [0.4, 0.5) is 0 Å². The summed E-state index contributed by atoms with van der Waals surface area (Å²) in [4.78, 5) is 0. The van der Waals surface area contributed by atoms with Gasteiger partial charge < -0.3 is 0 Å². The van der Waals surface area contributed by atoms with Gasteiger partial charge in [0.2, 0.25) is 0 Å². The number of hydrogen-bond acceptors (Lipinski definition) is 1. The highest BCUT2D eigenvalue weighted by atomic mass is 35.5. The second-order valence-electron chi connectivity index (χ2n) is 2.56. The molecule has 1 rings (SSSR count). The fourth-order valence-electron chi connectivity index (χ4n) is 0.910. The van der Waals surface area contributed by atoms with Crippen LogP contribution in [0.25, 0.3) is 5.57 Å². The van der Waals surface area contributed by atoms with Crippen LogP contribution < -0.4 is 0 Å². The molecular formula is C10H7Cl2N. The van der Waals surface area contributed by atoms with Crippen LogP contribution in [0.2, 0.25) is 5.02 Å². The minimum Gasteiger partial charge on any atom is -0.191 e. The van der Waals surface area contributed by atoms with Crippen LogP contribution in [0.1, 0.15) is 12.5 Å². The molecule has 0 aliphatic heterocycles. The zero-order valence-electron chi connectivity index (χ0n) is 7.01. The molecule has 0 spiro atoms. The van der Waals surface area contributed by atoms with Crippen molar-refractivity contribution in [3.63, 3.8) is 0 Å². The van der Waals surface area contributed by atoms with Gasteiger partial charge in [-0.05, 0) is 30.2 Å². The summed E-state index contributed by atoms with van der Waals surface area (Å²) in [5, 5.41) is 9.44. The molecule has 0 saturated carbocycles. The number of nitriles is 1. The molecule has 3 heteroatoms. The third-order valence-electron chi connectivity index (χ3n) is 1.70. The van der Waals surface area contributed by atoms with Gasteiger partial charge in [0.25, 0.3) is 0 Å². The summed E-state index contributed by atoms with van der Waals surface area (Å²) < 4.78 is 0. The van der Waals surface area contributed by atoms with Crippen molar-refractivity contribution < 1.29 is 0 Å². The number of allylic oxidation sites excluding steroid dienone is 2. The maximum absolute atomic E-state index is 8.56. The summed E-state index contributed by atoms with van der Waals surface area (Å²) >= 11 is 11.4. The number of halogens is 2. The zero-order chi connectivity index (χ0) is 9.84. The Balaban J connectivity index is 3.12. The lowest BCUT2D eigenvalue weighted by molar-refractivity contribution is 1.50. The molecular weight excluding hydrogens is 205 g/mol.